The van der Waals surface area contributed by atoms with E-state index < -0.39 is 11.9 Å². The van der Waals surface area contributed by atoms with E-state index in [9.17, 15) is 19.2 Å². The molecule has 35 heavy (non-hydrogen) atoms. The zero-order chi connectivity index (χ0) is 24.9. The first kappa shape index (κ1) is 23.0. The van der Waals surface area contributed by atoms with Crippen molar-refractivity contribution in [2.75, 3.05) is 16.3 Å². The average Bonchev–Trinajstić information content (AvgIpc) is 3.31. The number of fused-ring (bicyclic) bond motifs is 1. The molecule has 0 spiro atoms. The van der Waals surface area contributed by atoms with E-state index in [2.05, 4.69) is 0 Å². The third kappa shape index (κ3) is 4.16. The van der Waals surface area contributed by atoms with Gasteiger partial charge in [0.1, 0.15) is 5.75 Å². The van der Waals surface area contributed by atoms with E-state index in [4.69, 9.17) is 4.74 Å². The summed E-state index contributed by atoms with van der Waals surface area (Å²) in [5.74, 6) is -2.06. The van der Waals surface area contributed by atoms with Gasteiger partial charge in [-0.3, -0.25) is 19.2 Å². The van der Waals surface area contributed by atoms with Crippen LogP contribution in [0.25, 0.3) is 0 Å². The predicted molar refractivity (Wildman–Crippen MR) is 131 cm³/mol. The summed E-state index contributed by atoms with van der Waals surface area (Å²) in [5, 5.41) is 0. The fourth-order valence-corrected chi connectivity index (χ4v) is 5.38. The molecular formula is C28H28N2O5. The molecule has 2 saturated heterocycles. The van der Waals surface area contributed by atoms with Gasteiger partial charge in [0.2, 0.25) is 17.7 Å². The predicted octanol–water partition coefficient (Wildman–Crippen LogP) is 4.11. The standard InChI is InChI=1S/C28H28N2O5/c1-16-8-10-24(18(3)11-16)29-15-19(13-25(29)31)28(34)35-21-6-4-5-20(14-21)30-26(32)22-9-7-17(2)12-23(22)27(30)33/h4-8,10-11,14,19,22-23H,9,12-13,15H2,1-3H3/t19-,22-,23-/m0/s1. The van der Waals surface area contributed by atoms with Crippen LogP contribution in [0.4, 0.5) is 11.4 Å². The minimum atomic E-state index is -0.598. The summed E-state index contributed by atoms with van der Waals surface area (Å²) in [6, 6.07) is 12.3. The molecule has 0 unspecified atom stereocenters. The van der Waals surface area contributed by atoms with Gasteiger partial charge < -0.3 is 9.64 Å². The van der Waals surface area contributed by atoms with Crippen molar-refractivity contribution in [1.29, 1.82) is 0 Å². The van der Waals surface area contributed by atoms with E-state index in [1.165, 1.54) is 4.90 Å². The van der Waals surface area contributed by atoms with E-state index in [0.717, 1.165) is 22.4 Å². The van der Waals surface area contributed by atoms with Gasteiger partial charge in [0, 0.05) is 24.7 Å². The largest absolute Gasteiger partial charge is 0.426 e. The molecule has 3 atom stereocenters. The molecule has 3 amide bonds. The van der Waals surface area contributed by atoms with Crippen LogP contribution in [-0.2, 0) is 19.2 Å². The summed E-state index contributed by atoms with van der Waals surface area (Å²) < 4.78 is 5.61. The molecule has 2 aliphatic heterocycles. The Morgan fingerprint density at radius 3 is 2.49 bits per heavy atom. The van der Waals surface area contributed by atoms with Crippen LogP contribution in [0.15, 0.2) is 54.1 Å². The Morgan fingerprint density at radius 1 is 0.943 bits per heavy atom. The van der Waals surface area contributed by atoms with Crippen molar-refractivity contribution in [3.8, 4) is 5.75 Å². The molecule has 0 radical (unpaired) electrons. The number of hydrogen-bond acceptors (Lipinski definition) is 5. The zero-order valence-corrected chi connectivity index (χ0v) is 20.1. The van der Waals surface area contributed by atoms with Gasteiger partial charge in [-0.2, -0.15) is 0 Å². The van der Waals surface area contributed by atoms with E-state index in [0.29, 0.717) is 18.5 Å². The van der Waals surface area contributed by atoms with Gasteiger partial charge in [-0.25, -0.2) is 4.90 Å². The Hall–Kier alpha value is -3.74. The maximum Gasteiger partial charge on any atom is 0.316 e. The SMILES string of the molecule is CC1=CC[C@@H]2C(=O)N(c3cccc(OC(=O)[C@H]4CC(=O)N(c5ccc(C)cc5C)C4)c3)C(=O)[C@H]2C1. The van der Waals surface area contributed by atoms with Gasteiger partial charge in [-0.15, -0.1) is 0 Å². The minimum absolute atomic E-state index is 0.0741. The highest BCUT2D eigenvalue weighted by atomic mass is 16.5. The number of esters is 1. The second-order valence-electron chi connectivity index (χ2n) is 9.83. The Balaban J connectivity index is 1.30. The lowest BCUT2D eigenvalue weighted by Crippen LogP contribution is -2.31. The summed E-state index contributed by atoms with van der Waals surface area (Å²) >= 11 is 0. The number of amides is 3. The summed E-state index contributed by atoms with van der Waals surface area (Å²) in [7, 11) is 0. The molecule has 5 rings (SSSR count). The lowest BCUT2D eigenvalue weighted by atomic mass is 9.82. The molecule has 7 nitrogen and oxygen atoms in total. The van der Waals surface area contributed by atoms with Gasteiger partial charge in [0.25, 0.3) is 0 Å². The first-order valence-electron chi connectivity index (χ1n) is 12.0. The highest BCUT2D eigenvalue weighted by molar-refractivity contribution is 6.22. The molecule has 0 bridgehead atoms. The van der Waals surface area contributed by atoms with Crippen LogP contribution in [0.2, 0.25) is 0 Å². The van der Waals surface area contributed by atoms with Crippen molar-refractivity contribution in [2.45, 2.75) is 40.0 Å². The number of anilines is 2. The molecule has 7 heteroatoms. The number of ether oxygens (including phenoxy) is 1. The quantitative estimate of drug-likeness (QED) is 0.289. The number of benzene rings is 2. The van der Waals surface area contributed by atoms with Crippen LogP contribution < -0.4 is 14.5 Å². The molecule has 0 saturated carbocycles. The third-order valence-corrected chi connectivity index (χ3v) is 7.22. The molecule has 2 heterocycles. The lowest BCUT2D eigenvalue weighted by molar-refractivity contribution is -0.139. The van der Waals surface area contributed by atoms with Crippen molar-refractivity contribution < 1.29 is 23.9 Å². The number of carbonyl (C=O) groups excluding carboxylic acids is 4. The number of allylic oxidation sites excluding steroid dienone is 2. The number of imide groups is 1. The Kier molecular flexibility index (Phi) is 5.79. The molecule has 0 N–H and O–H groups in total. The molecule has 0 aromatic heterocycles. The van der Waals surface area contributed by atoms with Crippen molar-refractivity contribution in [3.05, 3.63) is 65.2 Å². The van der Waals surface area contributed by atoms with Gasteiger partial charge in [0.15, 0.2) is 0 Å². The highest BCUT2D eigenvalue weighted by Gasteiger charge is 2.48. The second kappa shape index (κ2) is 8.80. The normalized spacial score (nSPS) is 24.0. The van der Waals surface area contributed by atoms with Gasteiger partial charge in [-0.05, 0) is 57.4 Å². The second-order valence-corrected chi connectivity index (χ2v) is 9.83. The average molecular weight is 473 g/mol. The fourth-order valence-electron chi connectivity index (χ4n) is 5.38. The Labute approximate surface area is 204 Å². The van der Waals surface area contributed by atoms with Crippen molar-refractivity contribution >= 4 is 35.1 Å². The molecule has 2 aromatic carbocycles. The summed E-state index contributed by atoms with van der Waals surface area (Å²) in [4.78, 5) is 54.4. The lowest BCUT2D eigenvalue weighted by Gasteiger charge is -2.19. The maximum atomic E-state index is 13.0. The Morgan fingerprint density at radius 2 is 1.71 bits per heavy atom. The highest BCUT2D eigenvalue weighted by Crippen LogP contribution is 2.40. The number of hydrogen-bond donors (Lipinski definition) is 0. The van der Waals surface area contributed by atoms with Crippen molar-refractivity contribution in [2.24, 2.45) is 17.8 Å². The number of aryl methyl sites for hydroxylation is 2. The monoisotopic (exact) mass is 472 g/mol. The van der Waals surface area contributed by atoms with Crippen LogP contribution in [0.3, 0.4) is 0 Å². The summed E-state index contributed by atoms with van der Waals surface area (Å²) in [6.07, 6.45) is 3.26. The third-order valence-electron chi connectivity index (χ3n) is 7.22. The topological polar surface area (TPSA) is 84.0 Å². The van der Waals surface area contributed by atoms with Gasteiger partial charge in [-0.1, -0.05) is 35.4 Å². The van der Waals surface area contributed by atoms with Crippen molar-refractivity contribution in [1.82, 2.24) is 0 Å². The number of rotatable bonds is 4. The van der Waals surface area contributed by atoms with Crippen LogP contribution in [-0.4, -0.2) is 30.2 Å². The summed E-state index contributed by atoms with van der Waals surface area (Å²) in [6.45, 7) is 6.17. The van der Waals surface area contributed by atoms with E-state index in [-0.39, 0.29) is 48.3 Å². The van der Waals surface area contributed by atoms with Crippen LogP contribution >= 0.6 is 0 Å². The molecule has 180 valence electrons. The number of carbonyl (C=O) groups is 4. The smallest absolute Gasteiger partial charge is 0.316 e. The van der Waals surface area contributed by atoms with E-state index in [1.807, 2.05) is 45.0 Å². The zero-order valence-electron chi connectivity index (χ0n) is 20.1. The van der Waals surface area contributed by atoms with Crippen LogP contribution in [0.1, 0.15) is 37.3 Å². The first-order valence-corrected chi connectivity index (χ1v) is 12.0. The molecule has 2 fully saturated rings. The molecule has 1 aliphatic carbocycles. The molecule has 2 aromatic rings. The van der Waals surface area contributed by atoms with Gasteiger partial charge >= 0.3 is 5.97 Å². The maximum absolute atomic E-state index is 13.0. The van der Waals surface area contributed by atoms with E-state index in [1.54, 1.807) is 29.2 Å². The molecule has 3 aliphatic rings. The fraction of sp³-hybridized carbons (Fsp3) is 0.357. The Bertz CT molecular complexity index is 1280. The minimum Gasteiger partial charge on any atom is -0.426 e. The van der Waals surface area contributed by atoms with Crippen LogP contribution in [0.5, 0.6) is 5.75 Å². The van der Waals surface area contributed by atoms with Gasteiger partial charge in [0.05, 0.1) is 23.4 Å². The van der Waals surface area contributed by atoms with Crippen LogP contribution in [0, 0.1) is 31.6 Å². The van der Waals surface area contributed by atoms with E-state index >= 15 is 0 Å². The first-order chi connectivity index (χ1) is 16.7. The van der Waals surface area contributed by atoms with Crippen molar-refractivity contribution in [3.63, 3.8) is 0 Å². The summed E-state index contributed by atoms with van der Waals surface area (Å²) in [5.41, 5.74) is 4.41. The molecular weight excluding hydrogens is 444 g/mol. The number of nitrogens with zero attached hydrogens (tertiary/aromatic N) is 2.